The van der Waals surface area contributed by atoms with Gasteiger partial charge in [-0.15, -0.1) is 45.3 Å². The first-order chi connectivity index (χ1) is 40.7. The molecule has 382 valence electrons. The molecule has 0 fully saturated rings. The monoisotopic (exact) mass is 1110 g/mol. The predicted octanol–water partition coefficient (Wildman–Crippen LogP) is 24.0. The third kappa shape index (κ3) is 6.18. The molecule has 13 aromatic carbocycles. The maximum atomic E-state index is 2.61. The van der Waals surface area contributed by atoms with E-state index >= 15 is 0 Å². The molecule has 0 spiro atoms. The molecule has 0 N–H and O–H groups in total. The van der Waals surface area contributed by atoms with E-state index in [1.165, 1.54) is 114 Å². The van der Waals surface area contributed by atoms with Crippen LogP contribution < -0.4 is 19.6 Å². The van der Waals surface area contributed by atoms with Crippen LogP contribution in [-0.2, 0) is 0 Å². The number of rotatable bonds is 4. The van der Waals surface area contributed by atoms with E-state index in [2.05, 4.69) is 274 Å². The molecule has 0 radical (unpaired) electrons. The van der Waals surface area contributed by atoms with Crippen molar-refractivity contribution in [2.75, 3.05) is 19.6 Å². The number of hydrogen-bond donors (Lipinski definition) is 0. The Labute approximate surface area is 486 Å². The lowest BCUT2D eigenvalue weighted by molar-refractivity contribution is 1.19. The molecule has 0 saturated carbocycles. The van der Waals surface area contributed by atoms with Crippen LogP contribution in [0.2, 0.25) is 0 Å². The van der Waals surface area contributed by atoms with Gasteiger partial charge in [-0.2, -0.15) is 0 Å². The first-order valence-corrected chi connectivity index (χ1v) is 31.0. The molecule has 0 amide bonds. The number of nitrogens with zero attached hydrogens (tertiary/aromatic N) is 4. The molecule has 0 bridgehead atoms. The second-order valence-corrected chi connectivity index (χ2v) is 25.8. The smallest absolute Gasteiger partial charge is 0.0718 e. The lowest BCUT2D eigenvalue weighted by atomic mass is 9.93. The Balaban J connectivity index is 0.901. The first-order valence-electron chi connectivity index (χ1n) is 27.7. The molecule has 19 rings (SSSR count). The molecule has 4 nitrogen and oxygen atoms in total. The summed E-state index contributed by atoms with van der Waals surface area (Å²) in [4.78, 5) is 10.3. The zero-order chi connectivity index (χ0) is 53.3. The van der Waals surface area contributed by atoms with Gasteiger partial charge in [0.1, 0.15) is 0 Å². The van der Waals surface area contributed by atoms with Crippen LogP contribution in [0.15, 0.2) is 255 Å². The maximum Gasteiger partial charge on any atom is 0.0718 e. The fraction of sp³-hybridized carbons (Fsp3) is 0. The van der Waals surface area contributed by atoms with Gasteiger partial charge < -0.3 is 19.6 Å². The average molecular weight is 1120 g/mol. The van der Waals surface area contributed by atoms with Gasteiger partial charge in [-0.3, -0.25) is 0 Å². The highest BCUT2D eigenvalue weighted by molar-refractivity contribution is 7.27. The number of thiophene rings is 4. The van der Waals surface area contributed by atoms with Crippen LogP contribution in [0.1, 0.15) is 0 Å². The SMILES string of the molecule is c1ccc2c(c1)N(c1c3ccccc3c(N3c4ccccc4N(c4cccc5c4sc4ccccc45)c4cc5c(cc43)sc3ccccc35)c3ccccc13)c1cc3sc4ccccc4c3cc1N2c1cccc2c1sc1ccccc12. The van der Waals surface area contributed by atoms with E-state index < -0.39 is 0 Å². The highest BCUT2D eigenvalue weighted by Crippen LogP contribution is 2.63. The van der Waals surface area contributed by atoms with E-state index in [1.807, 2.05) is 45.3 Å². The van der Waals surface area contributed by atoms with Gasteiger partial charge in [0.15, 0.2) is 0 Å². The van der Waals surface area contributed by atoms with E-state index in [-0.39, 0.29) is 0 Å². The molecule has 17 aromatic rings. The highest BCUT2D eigenvalue weighted by Gasteiger charge is 2.38. The van der Waals surface area contributed by atoms with E-state index in [1.54, 1.807) is 0 Å². The molecule has 82 heavy (non-hydrogen) atoms. The number of anilines is 12. The molecule has 0 atom stereocenters. The molecular weight excluding hydrogens is 1070 g/mol. The standard InChI is InChI=1S/C74H42N4S4/c1-2-24-48-47(23-1)71(77-57-31-11-9-29-55(57)75(59-33-17-27-51-43-19-5-15-37-67(43)81-73(51)59)61-39-53-45-21-7-13-35-65(45)79-69(53)41-63(61)77)49-25-3-4-26-50(49)72(48)78-58-32-12-10-30-56(58)76(60-34-18-28-52-44-20-6-16-38-68(44)82-74(52)60)62-40-54-46-22-8-14-36-66(46)80-70(54)42-64(62)78/h1-42H. The molecule has 6 heterocycles. The van der Waals surface area contributed by atoms with Gasteiger partial charge in [0.05, 0.1) is 77.6 Å². The minimum atomic E-state index is 1.13. The van der Waals surface area contributed by atoms with Crippen molar-refractivity contribution in [3.63, 3.8) is 0 Å². The van der Waals surface area contributed by atoms with Gasteiger partial charge in [-0.05, 0) is 84.9 Å². The topological polar surface area (TPSA) is 13.0 Å². The number of hydrogen-bond acceptors (Lipinski definition) is 8. The summed E-state index contributed by atoms with van der Waals surface area (Å²) in [5, 5.41) is 14.9. The van der Waals surface area contributed by atoms with Gasteiger partial charge in [-0.1, -0.05) is 170 Å². The van der Waals surface area contributed by atoms with Crippen molar-refractivity contribution in [1.82, 2.24) is 0 Å². The minimum absolute atomic E-state index is 1.13. The van der Waals surface area contributed by atoms with Gasteiger partial charge in [0.25, 0.3) is 0 Å². The maximum absolute atomic E-state index is 2.61. The van der Waals surface area contributed by atoms with Crippen LogP contribution >= 0.6 is 45.3 Å². The van der Waals surface area contributed by atoms with Crippen molar-refractivity contribution in [3.8, 4) is 0 Å². The molecule has 4 aromatic heterocycles. The zero-order valence-corrected chi connectivity index (χ0v) is 46.9. The quantitative estimate of drug-likeness (QED) is 0.163. The Kier molecular flexibility index (Phi) is 9.37. The summed E-state index contributed by atoms with van der Waals surface area (Å²) in [5.41, 5.74) is 13.8. The van der Waals surface area contributed by atoms with Crippen LogP contribution in [0.25, 0.3) is 102 Å². The van der Waals surface area contributed by atoms with Gasteiger partial charge in [0.2, 0.25) is 0 Å². The third-order valence-electron chi connectivity index (χ3n) is 17.2. The lowest BCUT2D eigenvalue weighted by Crippen LogP contribution is -2.25. The van der Waals surface area contributed by atoms with Gasteiger partial charge in [0, 0.05) is 92.8 Å². The summed E-state index contributed by atoms with van der Waals surface area (Å²) in [6.07, 6.45) is 0. The van der Waals surface area contributed by atoms with Crippen molar-refractivity contribution in [2.45, 2.75) is 0 Å². The Morgan fingerprint density at radius 2 is 0.439 bits per heavy atom. The van der Waals surface area contributed by atoms with Crippen LogP contribution in [0, 0.1) is 0 Å². The summed E-state index contributed by atoms with van der Waals surface area (Å²) in [7, 11) is 0. The Morgan fingerprint density at radius 1 is 0.171 bits per heavy atom. The van der Waals surface area contributed by atoms with E-state index in [0.717, 1.165) is 56.9 Å². The average Bonchev–Trinajstić information content (AvgIpc) is 2.89. The second-order valence-electron chi connectivity index (χ2n) is 21.5. The number of benzene rings is 13. The molecular formula is C74H42N4S4. The summed E-state index contributed by atoms with van der Waals surface area (Å²) < 4.78 is 10.3. The van der Waals surface area contributed by atoms with Gasteiger partial charge >= 0.3 is 0 Å². The highest BCUT2D eigenvalue weighted by atomic mass is 32.1. The summed E-state index contributed by atoms with van der Waals surface area (Å²) >= 11 is 7.53. The van der Waals surface area contributed by atoms with Crippen LogP contribution in [-0.4, -0.2) is 0 Å². The van der Waals surface area contributed by atoms with Crippen molar-refractivity contribution in [2.24, 2.45) is 0 Å². The zero-order valence-electron chi connectivity index (χ0n) is 43.7. The van der Waals surface area contributed by atoms with Crippen LogP contribution in [0.3, 0.4) is 0 Å². The molecule has 2 aliphatic heterocycles. The third-order valence-corrected chi connectivity index (χ3v) is 21.9. The fourth-order valence-electron chi connectivity index (χ4n) is 13.8. The van der Waals surface area contributed by atoms with Crippen molar-refractivity contribution >= 4 is 216 Å². The number of fused-ring (bicyclic) bond motifs is 18. The first kappa shape index (κ1) is 45.2. The molecule has 2 aliphatic rings. The van der Waals surface area contributed by atoms with Crippen molar-refractivity contribution in [3.05, 3.63) is 255 Å². The molecule has 8 heteroatoms. The van der Waals surface area contributed by atoms with E-state index in [0.29, 0.717) is 0 Å². The number of para-hydroxylation sites is 4. The van der Waals surface area contributed by atoms with Crippen LogP contribution in [0.5, 0.6) is 0 Å². The minimum Gasteiger partial charge on any atom is -0.305 e. The summed E-state index contributed by atoms with van der Waals surface area (Å²) in [6, 6.07) is 95.8. The molecule has 0 saturated heterocycles. The summed E-state index contributed by atoms with van der Waals surface area (Å²) in [5.74, 6) is 0. The van der Waals surface area contributed by atoms with Crippen molar-refractivity contribution < 1.29 is 0 Å². The predicted molar refractivity (Wildman–Crippen MR) is 359 cm³/mol. The summed E-state index contributed by atoms with van der Waals surface area (Å²) in [6.45, 7) is 0. The Bertz CT molecular complexity index is 5210. The van der Waals surface area contributed by atoms with Crippen molar-refractivity contribution in [1.29, 1.82) is 0 Å². The largest absolute Gasteiger partial charge is 0.305 e. The molecule has 0 aliphatic carbocycles. The normalized spacial score (nSPS) is 13.3. The van der Waals surface area contributed by atoms with E-state index in [9.17, 15) is 0 Å². The lowest BCUT2D eigenvalue weighted by Gasteiger charge is -2.43. The Hall–Kier alpha value is -9.54. The molecule has 0 unspecified atom stereocenters. The second kappa shape index (κ2) is 17.0. The Morgan fingerprint density at radius 3 is 0.817 bits per heavy atom. The van der Waals surface area contributed by atoms with E-state index in [4.69, 9.17) is 0 Å². The fourth-order valence-corrected chi connectivity index (χ4v) is 18.5. The van der Waals surface area contributed by atoms with Crippen LogP contribution in [0.4, 0.5) is 68.2 Å². The van der Waals surface area contributed by atoms with Gasteiger partial charge in [-0.25, -0.2) is 0 Å².